The average molecular weight is 229 g/mol. The second-order valence-electron chi connectivity index (χ2n) is 5.47. The summed E-state index contributed by atoms with van der Waals surface area (Å²) in [6, 6.07) is 0. The second-order valence-corrected chi connectivity index (χ2v) is 5.47. The van der Waals surface area contributed by atoms with E-state index >= 15 is 0 Å². The maximum Gasteiger partial charge on any atom is 0.405 e. The van der Waals surface area contributed by atoms with Crippen molar-refractivity contribution in [2.24, 2.45) is 17.6 Å². The Balaban J connectivity index is 2.43. The van der Waals surface area contributed by atoms with Gasteiger partial charge in [-0.1, -0.05) is 12.8 Å². The molecule has 0 heterocycles. The second kappa shape index (κ2) is 5.53. The van der Waals surface area contributed by atoms with Gasteiger partial charge in [0.1, 0.15) is 5.60 Å². The zero-order chi connectivity index (χ0) is 12.2. The maximum atomic E-state index is 10.7. The lowest BCUT2D eigenvalue weighted by Gasteiger charge is -2.33. The smallest absolute Gasteiger partial charge is 0.405 e. The standard InChI is InChI=1S/C12H23NO3/c1-12(2,16-11(13)15)7-9-4-3-5-10(6-9)8-14/h9-10,14H,3-8H2,1-2H3,(H2,13,15). The largest absolute Gasteiger partial charge is 0.444 e. The summed E-state index contributed by atoms with van der Waals surface area (Å²) in [5, 5.41) is 9.15. The third-order valence-electron chi connectivity index (χ3n) is 3.31. The molecule has 0 radical (unpaired) electrons. The number of rotatable bonds is 4. The average Bonchev–Trinajstić information content (AvgIpc) is 2.15. The number of carbonyl (C=O) groups excluding carboxylic acids is 1. The molecule has 0 aromatic heterocycles. The van der Waals surface area contributed by atoms with Gasteiger partial charge < -0.3 is 15.6 Å². The number of amides is 1. The van der Waals surface area contributed by atoms with Crippen molar-refractivity contribution in [1.29, 1.82) is 0 Å². The highest BCUT2D eigenvalue weighted by molar-refractivity contribution is 5.65. The highest BCUT2D eigenvalue weighted by Crippen LogP contribution is 2.34. The molecular weight excluding hydrogens is 206 g/mol. The first-order valence-corrected chi connectivity index (χ1v) is 6.02. The summed E-state index contributed by atoms with van der Waals surface area (Å²) in [5.41, 5.74) is 4.54. The predicted octanol–water partition coefficient (Wildman–Crippen LogP) is 2.05. The van der Waals surface area contributed by atoms with E-state index in [9.17, 15) is 4.79 Å². The van der Waals surface area contributed by atoms with Gasteiger partial charge in [-0.3, -0.25) is 0 Å². The molecule has 1 rings (SSSR count). The van der Waals surface area contributed by atoms with Crippen LogP contribution in [-0.4, -0.2) is 23.4 Å². The summed E-state index contributed by atoms with van der Waals surface area (Å²) >= 11 is 0. The molecule has 1 fully saturated rings. The van der Waals surface area contributed by atoms with Crippen LogP contribution in [0.15, 0.2) is 0 Å². The van der Waals surface area contributed by atoms with Crippen LogP contribution in [0.25, 0.3) is 0 Å². The zero-order valence-corrected chi connectivity index (χ0v) is 10.2. The van der Waals surface area contributed by atoms with Crippen LogP contribution in [0.5, 0.6) is 0 Å². The third kappa shape index (κ3) is 4.39. The van der Waals surface area contributed by atoms with Gasteiger partial charge in [0.2, 0.25) is 0 Å². The Morgan fingerprint density at radius 2 is 2.06 bits per heavy atom. The van der Waals surface area contributed by atoms with Crippen molar-refractivity contribution in [2.45, 2.75) is 51.6 Å². The lowest BCUT2D eigenvalue weighted by Crippen LogP contribution is -2.34. The van der Waals surface area contributed by atoms with E-state index in [1.807, 2.05) is 13.8 Å². The molecule has 0 saturated heterocycles. The van der Waals surface area contributed by atoms with Gasteiger partial charge in [0.15, 0.2) is 0 Å². The number of aliphatic hydroxyl groups excluding tert-OH is 1. The van der Waals surface area contributed by atoms with E-state index in [-0.39, 0.29) is 6.61 Å². The molecular formula is C12H23NO3. The van der Waals surface area contributed by atoms with Crippen LogP contribution in [0.4, 0.5) is 4.79 Å². The molecule has 1 amide bonds. The topological polar surface area (TPSA) is 72.6 Å². The monoisotopic (exact) mass is 229 g/mol. The van der Waals surface area contributed by atoms with E-state index in [4.69, 9.17) is 15.6 Å². The van der Waals surface area contributed by atoms with Crippen molar-refractivity contribution in [1.82, 2.24) is 0 Å². The van der Waals surface area contributed by atoms with Gasteiger partial charge in [0.25, 0.3) is 0 Å². The van der Waals surface area contributed by atoms with Crippen molar-refractivity contribution in [3.8, 4) is 0 Å². The molecule has 4 heteroatoms. The summed E-state index contributed by atoms with van der Waals surface area (Å²) in [5.74, 6) is 0.948. The number of carbonyl (C=O) groups is 1. The fourth-order valence-electron chi connectivity index (χ4n) is 2.76. The van der Waals surface area contributed by atoms with Crippen LogP contribution >= 0.6 is 0 Å². The number of aliphatic hydroxyl groups is 1. The van der Waals surface area contributed by atoms with Gasteiger partial charge in [-0.15, -0.1) is 0 Å². The molecule has 0 aliphatic heterocycles. The highest BCUT2D eigenvalue weighted by atomic mass is 16.6. The number of ether oxygens (including phenoxy) is 1. The van der Waals surface area contributed by atoms with E-state index in [0.717, 1.165) is 32.1 Å². The van der Waals surface area contributed by atoms with E-state index in [1.54, 1.807) is 0 Å². The van der Waals surface area contributed by atoms with E-state index < -0.39 is 11.7 Å². The summed E-state index contributed by atoms with van der Waals surface area (Å²) in [6.07, 6.45) is 4.57. The van der Waals surface area contributed by atoms with Crippen LogP contribution in [0.2, 0.25) is 0 Å². The Morgan fingerprint density at radius 3 is 2.62 bits per heavy atom. The van der Waals surface area contributed by atoms with Crippen LogP contribution < -0.4 is 5.73 Å². The molecule has 0 spiro atoms. The molecule has 4 nitrogen and oxygen atoms in total. The molecule has 3 N–H and O–H groups in total. The normalized spacial score (nSPS) is 26.4. The van der Waals surface area contributed by atoms with Crippen LogP contribution in [0, 0.1) is 11.8 Å². The summed E-state index contributed by atoms with van der Waals surface area (Å²) in [7, 11) is 0. The van der Waals surface area contributed by atoms with E-state index in [0.29, 0.717) is 11.8 Å². The van der Waals surface area contributed by atoms with E-state index in [2.05, 4.69) is 0 Å². The van der Waals surface area contributed by atoms with Gasteiger partial charge in [-0.25, -0.2) is 4.79 Å². The lowest BCUT2D eigenvalue weighted by atomic mass is 9.77. The first kappa shape index (κ1) is 13.3. The molecule has 0 aromatic carbocycles. The van der Waals surface area contributed by atoms with Gasteiger partial charge >= 0.3 is 6.09 Å². The lowest BCUT2D eigenvalue weighted by molar-refractivity contribution is 0.0159. The Kier molecular flexibility index (Phi) is 4.59. The molecule has 0 bridgehead atoms. The number of nitrogens with two attached hydrogens (primary N) is 1. The molecule has 94 valence electrons. The Morgan fingerprint density at radius 1 is 1.44 bits per heavy atom. The quantitative estimate of drug-likeness (QED) is 0.775. The zero-order valence-electron chi connectivity index (χ0n) is 10.2. The number of hydrogen-bond donors (Lipinski definition) is 2. The van der Waals surface area contributed by atoms with Crippen molar-refractivity contribution in [3.63, 3.8) is 0 Å². The molecule has 0 aromatic rings. The van der Waals surface area contributed by atoms with Crippen molar-refractivity contribution < 1.29 is 14.6 Å². The molecule has 2 atom stereocenters. The number of primary amides is 1. The molecule has 1 saturated carbocycles. The van der Waals surface area contributed by atoms with Crippen molar-refractivity contribution in [2.75, 3.05) is 6.61 Å². The van der Waals surface area contributed by atoms with Crippen LogP contribution in [-0.2, 0) is 4.74 Å². The van der Waals surface area contributed by atoms with Crippen LogP contribution in [0.1, 0.15) is 46.0 Å². The molecule has 1 aliphatic rings. The van der Waals surface area contributed by atoms with E-state index in [1.165, 1.54) is 0 Å². The minimum Gasteiger partial charge on any atom is -0.444 e. The van der Waals surface area contributed by atoms with Gasteiger partial charge in [-0.2, -0.15) is 0 Å². The molecule has 1 aliphatic carbocycles. The Bertz CT molecular complexity index is 240. The minimum absolute atomic E-state index is 0.271. The fraction of sp³-hybridized carbons (Fsp3) is 0.917. The highest BCUT2D eigenvalue weighted by Gasteiger charge is 2.30. The summed E-state index contributed by atoms with van der Waals surface area (Å²) in [4.78, 5) is 10.7. The number of hydrogen-bond acceptors (Lipinski definition) is 3. The molecule has 2 unspecified atom stereocenters. The summed E-state index contributed by atoms with van der Waals surface area (Å²) < 4.78 is 5.09. The fourth-order valence-corrected chi connectivity index (χ4v) is 2.76. The first-order valence-electron chi connectivity index (χ1n) is 6.02. The minimum atomic E-state index is -0.709. The predicted molar refractivity (Wildman–Crippen MR) is 61.9 cm³/mol. The SMILES string of the molecule is CC(C)(CC1CCCC(CO)C1)OC(N)=O. The maximum absolute atomic E-state index is 10.7. The van der Waals surface area contributed by atoms with Crippen molar-refractivity contribution >= 4 is 6.09 Å². The Labute approximate surface area is 97.2 Å². The van der Waals surface area contributed by atoms with Crippen molar-refractivity contribution in [3.05, 3.63) is 0 Å². The van der Waals surface area contributed by atoms with Gasteiger partial charge in [-0.05, 0) is 44.9 Å². The first-order chi connectivity index (χ1) is 7.43. The molecule has 16 heavy (non-hydrogen) atoms. The summed E-state index contributed by atoms with van der Waals surface area (Å²) in [6.45, 7) is 4.05. The van der Waals surface area contributed by atoms with Gasteiger partial charge in [0, 0.05) is 6.61 Å². The van der Waals surface area contributed by atoms with Gasteiger partial charge in [0.05, 0.1) is 0 Å². The van der Waals surface area contributed by atoms with Crippen LogP contribution in [0.3, 0.4) is 0 Å². The third-order valence-corrected chi connectivity index (χ3v) is 3.31. The Hall–Kier alpha value is -0.770.